The number of alkyl halides is 3. The summed E-state index contributed by atoms with van der Waals surface area (Å²) in [6, 6.07) is 9.43. The minimum atomic E-state index is -5.18. The summed E-state index contributed by atoms with van der Waals surface area (Å²) in [4.78, 5) is 25.2. The lowest BCUT2D eigenvalue weighted by Gasteiger charge is -2.30. The molecule has 0 radical (unpaired) electrons. The molecule has 0 saturated carbocycles. The molecule has 0 bridgehead atoms. The summed E-state index contributed by atoms with van der Waals surface area (Å²) < 4.78 is 43.3. The number of nitriles is 1. The van der Waals surface area contributed by atoms with Gasteiger partial charge in [0.25, 0.3) is 5.56 Å². The van der Waals surface area contributed by atoms with Gasteiger partial charge in [-0.1, -0.05) is 24.8 Å². The summed E-state index contributed by atoms with van der Waals surface area (Å²) in [6.45, 7) is 4.60. The van der Waals surface area contributed by atoms with Crippen LogP contribution in [0.15, 0.2) is 47.4 Å². The first-order valence-corrected chi connectivity index (χ1v) is 7.50. The quantitative estimate of drug-likeness (QED) is 0.857. The molecule has 1 fully saturated rings. The van der Waals surface area contributed by atoms with Crippen molar-refractivity contribution in [1.82, 2.24) is 15.1 Å². The van der Waals surface area contributed by atoms with Gasteiger partial charge in [-0.2, -0.15) is 18.4 Å². The van der Waals surface area contributed by atoms with E-state index in [4.69, 9.17) is 0 Å². The van der Waals surface area contributed by atoms with Crippen LogP contribution in [0.5, 0.6) is 0 Å². The van der Waals surface area contributed by atoms with Gasteiger partial charge in [0.1, 0.15) is 5.92 Å². The Balaban J connectivity index is 2.38. The number of allylic oxidation sites excluding steroid dienone is 1. The molecule has 1 aliphatic heterocycles. The summed E-state index contributed by atoms with van der Waals surface area (Å²) in [5.41, 5.74) is -5.42. The van der Waals surface area contributed by atoms with Crippen molar-refractivity contribution in [3.63, 3.8) is 0 Å². The van der Waals surface area contributed by atoms with Gasteiger partial charge in [-0.3, -0.25) is 14.7 Å². The molecular weight excluding hydrogens is 349 g/mol. The third-order valence-electron chi connectivity index (χ3n) is 4.47. The number of aromatic amines is 1. The fraction of sp³-hybridized carbons (Fsp3) is 0.235. The van der Waals surface area contributed by atoms with E-state index in [0.717, 1.165) is 4.68 Å². The lowest BCUT2D eigenvalue weighted by atomic mass is 9.71. The molecule has 3 rings (SSSR count). The molecule has 1 aromatic carbocycles. The van der Waals surface area contributed by atoms with Crippen molar-refractivity contribution in [3.05, 3.63) is 64.2 Å². The Morgan fingerprint density at radius 2 is 1.88 bits per heavy atom. The zero-order valence-electron chi connectivity index (χ0n) is 13.5. The number of hydrogen-bond donors (Lipinski definition) is 2. The van der Waals surface area contributed by atoms with Crippen LogP contribution in [0, 0.1) is 24.2 Å². The molecular formula is C17H13F3N4O2. The molecule has 2 atom stereocenters. The Bertz CT molecular complexity index is 998. The SMILES string of the molecule is C=C1NC(=O)[C@@](c2c(C)[nH]n(-c3ccccc3)c2=O)(C(F)(F)F)[C@H]1C#N. The molecule has 0 spiro atoms. The number of H-pyrrole nitrogens is 1. The molecule has 1 amide bonds. The van der Waals surface area contributed by atoms with E-state index < -0.39 is 34.5 Å². The molecule has 2 aromatic rings. The molecule has 9 heteroatoms. The number of nitrogens with one attached hydrogen (secondary N) is 2. The van der Waals surface area contributed by atoms with Crippen LogP contribution in [0.3, 0.4) is 0 Å². The first kappa shape index (κ1) is 17.5. The summed E-state index contributed by atoms with van der Waals surface area (Å²) >= 11 is 0. The van der Waals surface area contributed by atoms with E-state index in [9.17, 15) is 28.0 Å². The molecule has 0 unspecified atom stereocenters. The Kier molecular flexibility index (Phi) is 3.79. The number of halogens is 3. The highest BCUT2D eigenvalue weighted by Crippen LogP contribution is 2.51. The predicted molar refractivity (Wildman–Crippen MR) is 85.2 cm³/mol. The smallest absolute Gasteiger partial charge is 0.328 e. The number of aromatic nitrogens is 2. The average Bonchev–Trinajstić information content (AvgIpc) is 3.00. The summed E-state index contributed by atoms with van der Waals surface area (Å²) in [5, 5.41) is 13.8. The first-order valence-electron chi connectivity index (χ1n) is 7.50. The first-order chi connectivity index (χ1) is 12.2. The zero-order valence-corrected chi connectivity index (χ0v) is 13.5. The molecule has 6 nitrogen and oxygen atoms in total. The van der Waals surface area contributed by atoms with Crippen molar-refractivity contribution in [2.24, 2.45) is 5.92 Å². The number of hydrogen-bond acceptors (Lipinski definition) is 3. The molecule has 134 valence electrons. The number of amides is 1. The second-order valence-corrected chi connectivity index (χ2v) is 5.94. The average molecular weight is 362 g/mol. The molecule has 2 heterocycles. The largest absolute Gasteiger partial charge is 0.409 e. The summed E-state index contributed by atoms with van der Waals surface area (Å²) in [7, 11) is 0. The van der Waals surface area contributed by atoms with Crippen molar-refractivity contribution < 1.29 is 18.0 Å². The zero-order chi connectivity index (χ0) is 19.3. The number of nitrogens with zero attached hydrogens (tertiary/aromatic N) is 2. The van der Waals surface area contributed by atoms with E-state index in [-0.39, 0.29) is 11.4 Å². The molecule has 1 aromatic heterocycles. The normalized spacial score (nSPS) is 23.0. The van der Waals surface area contributed by atoms with Crippen LogP contribution in [0.25, 0.3) is 5.69 Å². The number of para-hydroxylation sites is 1. The molecule has 0 aliphatic carbocycles. The lowest BCUT2D eigenvalue weighted by molar-refractivity contribution is -0.196. The fourth-order valence-electron chi connectivity index (χ4n) is 3.35. The second kappa shape index (κ2) is 5.62. The van der Waals surface area contributed by atoms with Crippen LogP contribution in [0.1, 0.15) is 11.3 Å². The number of carbonyl (C=O) groups is 1. The van der Waals surface area contributed by atoms with E-state index in [1.165, 1.54) is 25.1 Å². The molecule has 1 aliphatic rings. The third kappa shape index (κ3) is 2.12. The number of carbonyl (C=O) groups excluding carboxylic acids is 1. The second-order valence-electron chi connectivity index (χ2n) is 5.94. The van der Waals surface area contributed by atoms with E-state index in [1.807, 2.05) is 5.32 Å². The van der Waals surface area contributed by atoms with Gasteiger partial charge >= 0.3 is 6.18 Å². The maximum Gasteiger partial charge on any atom is 0.409 e. The maximum atomic E-state index is 14.1. The standard InChI is InChI=1S/C17H13F3N4O2/c1-9-12(8-21)16(15(26)22-9,17(18,19)20)13-10(2)23-24(14(13)25)11-6-4-3-5-7-11/h3-7,12,23H,1H2,2H3,(H,22,26)/t12-,16+/m0/s1. The van der Waals surface area contributed by atoms with Gasteiger partial charge in [-0.05, 0) is 19.1 Å². The highest BCUT2D eigenvalue weighted by atomic mass is 19.4. The van der Waals surface area contributed by atoms with E-state index in [0.29, 0.717) is 5.69 Å². The van der Waals surface area contributed by atoms with Crippen molar-refractivity contribution >= 4 is 5.91 Å². The minimum absolute atomic E-state index is 0.152. The number of benzene rings is 1. The van der Waals surface area contributed by atoms with Crippen LogP contribution in [-0.4, -0.2) is 21.9 Å². The molecule has 26 heavy (non-hydrogen) atoms. The summed E-state index contributed by atoms with van der Waals surface area (Å²) in [6.07, 6.45) is -5.18. The monoisotopic (exact) mass is 362 g/mol. The molecule has 2 N–H and O–H groups in total. The van der Waals surface area contributed by atoms with E-state index in [1.54, 1.807) is 18.2 Å². The van der Waals surface area contributed by atoms with E-state index >= 15 is 0 Å². The van der Waals surface area contributed by atoms with Gasteiger partial charge in [-0.25, -0.2) is 4.68 Å². The Labute approximate surface area is 145 Å². The highest BCUT2D eigenvalue weighted by molar-refractivity contribution is 5.95. The van der Waals surface area contributed by atoms with Gasteiger partial charge in [0.15, 0.2) is 5.41 Å². The van der Waals surface area contributed by atoms with Gasteiger partial charge < -0.3 is 5.32 Å². The fourth-order valence-corrected chi connectivity index (χ4v) is 3.35. The predicted octanol–water partition coefficient (Wildman–Crippen LogP) is 2.06. The van der Waals surface area contributed by atoms with Crippen LogP contribution < -0.4 is 10.9 Å². The van der Waals surface area contributed by atoms with Gasteiger partial charge in [0, 0.05) is 11.4 Å². The van der Waals surface area contributed by atoms with Crippen molar-refractivity contribution in [2.75, 3.05) is 0 Å². The molecule has 1 saturated heterocycles. The van der Waals surface area contributed by atoms with Crippen LogP contribution in [0.2, 0.25) is 0 Å². The van der Waals surface area contributed by atoms with Crippen LogP contribution in [0.4, 0.5) is 13.2 Å². The number of aryl methyl sites for hydroxylation is 1. The van der Waals surface area contributed by atoms with Crippen LogP contribution in [-0.2, 0) is 10.2 Å². The van der Waals surface area contributed by atoms with Crippen molar-refractivity contribution in [3.8, 4) is 11.8 Å². The van der Waals surface area contributed by atoms with Gasteiger partial charge in [0.2, 0.25) is 5.91 Å². The van der Waals surface area contributed by atoms with Crippen molar-refractivity contribution in [2.45, 2.75) is 18.5 Å². The summed E-state index contributed by atoms with van der Waals surface area (Å²) in [5.74, 6) is -3.44. The Morgan fingerprint density at radius 3 is 2.42 bits per heavy atom. The minimum Gasteiger partial charge on any atom is -0.328 e. The van der Waals surface area contributed by atoms with Gasteiger partial charge in [0.05, 0.1) is 17.3 Å². The Morgan fingerprint density at radius 1 is 1.27 bits per heavy atom. The lowest BCUT2D eigenvalue weighted by Crippen LogP contribution is -2.54. The van der Waals surface area contributed by atoms with Gasteiger partial charge in [-0.15, -0.1) is 0 Å². The Hall–Kier alpha value is -3.28. The van der Waals surface area contributed by atoms with E-state index in [2.05, 4.69) is 11.7 Å². The highest BCUT2D eigenvalue weighted by Gasteiger charge is 2.72. The third-order valence-corrected chi connectivity index (χ3v) is 4.47. The number of rotatable bonds is 2. The van der Waals surface area contributed by atoms with Crippen molar-refractivity contribution in [1.29, 1.82) is 5.26 Å². The maximum absolute atomic E-state index is 14.1. The topological polar surface area (TPSA) is 90.7 Å². The van der Waals surface area contributed by atoms with Crippen LogP contribution >= 0.6 is 0 Å².